The minimum Gasteiger partial charge on any atom is -0.398 e. The summed E-state index contributed by atoms with van der Waals surface area (Å²) in [5.41, 5.74) is 6.98. The molecule has 0 heterocycles. The summed E-state index contributed by atoms with van der Waals surface area (Å²) in [6, 6.07) is 11.6. The van der Waals surface area contributed by atoms with Crippen LogP contribution < -0.4 is 11.1 Å². The molecule has 3 nitrogen and oxygen atoms in total. The van der Waals surface area contributed by atoms with Gasteiger partial charge in [-0.25, -0.2) is 0 Å². The van der Waals surface area contributed by atoms with E-state index in [1.165, 1.54) is 0 Å². The molecule has 0 radical (unpaired) electrons. The number of nitrogen functional groups attached to an aromatic ring is 1. The van der Waals surface area contributed by atoms with Crippen LogP contribution in [0, 0.1) is 0 Å². The van der Waals surface area contributed by atoms with Gasteiger partial charge in [0.2, 0.25) is 0 Å². The summed E-state index contributed by atoms with van der Waals surface area (Å²) in [5, 5.41) is 4.96. The van der Waals surface area contributed by atoms with Gasteiger partial charge in [-0.3, -0.25) is 4.79 Å². The number of anilines is 1. The number of rotatable bonds is 4. The summed E-state index contributed by atoms with van der Waals surface area (Å²) in [4.78, 5) is 12.2. The molecule has 1 atom stereocenters. The number of nitrogens with one attached hydrogen (secondary N) is 1. The van der Waals surface area contributed by atoms with Gasteiger partial charge >= 0.3 is 0 Å². The lowest BCUT2D eigenvalue weighted by Crippen LogP contribution is -2.32. The number of benzene rings is 2. The standard InChI is InChI=1S/C16H18N2O/c1-3-6-11(2)18-16(19)14-9-12-7-4-5-8-13(12)10-15(14)17/h3-5,7-11H,1,6,17H2,2H3,(H,18,19). The third-order valence-electron chi connectivity index (χ3n) is 3.06. The molecule has 1 unspecified atom stereocenters. The molecule has 0 aliphatic carbocycles. The number of fused-ring (bicyclic) bond motifs is 1. The summed E-state index contributed by atoms with van der Waals surface area (Å²) in [6.45, 7) is 5.60. The summed E-state index contributed by atoms with van der Waals surface area (Å²) < 4.78 is 0. The van der Waals surface area contributed by atoms with Crippen molar-refractivity contribution >= 4 is 22.4 Å². The van der Waals surface area contributed by atoms with Crippen molar-refractivity contribution in [1.29, 1.82) is 0 Å². The fourth-order valence-corrected chi connectivity index (χ4v) is 2.07. The van der Waals surface area contributed by atoms with Crippen LogP contribution >= 0.6 is 0 Å². The topological polar surface area (TPSA) is 55.1 Å². The van der Waals surface area contributed by atoms with Crippen LogP contribution in [0.25, 0.3) is 10.8 Å². The number of hydrogen-bond donors (Lipinski definition) is 2. The van der Waals surface area contributed by atoms with E-state index in [1.54, 1.807) is 6.08 Å². The highest BCUT2D eigenvalue weighted by Gasteiger charge is 2.12. The Morgan fingerprint density at radius 3 is 2.63 bits per heavy atom. The number of hydrogen-bond acceptors (Lipinski definition) is 2. The van der Waals surface area contributed by atoms with E-state index in [2.05, 4.69) is 11.9 Å². The van der Waals surface area contributed by atoms with Gasteiger partial charge < -0.3 is 11.1 Å². The zero-order valence-electron chi connectivity index (χ0n) is 11.0. The van der Waals surface area contributed by atoms with Crippen molar-refractivity contribution in [2.45, 2.75) is 19.4 Å². The van der Waals surface area contributed by atoms with Crippen LogP contribution in [0.2, 0.25) is 0 Å². The Morgan fingerprint density at radius 2 is 2.00 bits per heavy atom. The zero-order valence-corrected chi connectivity index (χ0v) is 11.0. The maximum Gasteiger partial charge on any atom is 0.253 e. The second-order valence-electron chi connectivity index (χ2n) is 4.69. The predicted molar refractivity (Wildman–Crippen MR) is 80.1 cm³/mol. The van der Waals surface area contributed by atoms with Gasteiger partial charge in [0.25, 0.3) is 5.91 Å². The van der Waals surface area contributed by atoms with E-state index in [0.717, 1.165) is 17.2 Å². The molecule has 0 saturated carbocycles. The second-order valence-corrected chi connectivity index (χ2v) is 4.69. The van der Waals surface area contributed by atoms with Crippen molar-refractivity contribution in [3.05, 3.63) is 54.6 Å². The number of amides is 1. The van der Waals surface area contributed by atoms with Gasteiger partial charge in [-0.1, -0.05) is 30.3 Å². The van der Waals surface area contributed by atoms with E-state index < -0.39 is 0 Å². The van der Waals surface area contributed by atoms with Gasteiger partial charge in [-0.2, -0.15) is 0 Å². The van der Waals surface area contributed by atoms with E-state index in [0.29, 0.717) is 11.3 Å². The van der Waals surface area contributed by atoms with Gasteiger partial charge in [0.15, 0.2) is 0 Å². The molecule has 0 aliphatic heterocycles. The van der Waals surface area contributed by atoms with Crippen molar-refractivity contribution in [1.82, 2.24) is 5.32 Å². The molecule has 0 spiro atoms. The summed E-state index contributed by atoms with van der Waals surface area (Å²) in [5.74, 6) is -0.141. The molecule has 2 aromatic carbocycles. The van der Waals surface area contributed by atoms with Crippen molar-refractivity contribution in [3.8, 4) is 0 Å². The Kier molecular flexibility index (Phi) is 3.85. The Hall–Kier alpha value is -2.29. The molecule has 2 rings (SSSR count). The van der Waals surface area contributed by atoms with E-state index in [-0.39, 0.29) is 11.9 Å². The first-order valence-electron chi connectivity index (χ1n) is 6.32. The molecule has 2 aromatic rings. The molecule has 0 saturated heterocycles. The summed E-state index contributed by atoms with van der Waals surface area (Å²) >= 11 is 0. The largest absolute Gasteiger partial charge is 0.398 e. The lowest BCUT2D eigenvalue weighted by Gasteiger charge is -2.13. The van der Waals surface area contributed by atoms with Crippen LogP contribution in [-0.4, -0.2) is 11.9 Å². The van der Waals surface area contributed by atoms with Crippen molar-refractivity contribution in [2.75, 3.05) is 5.73 Å². The molecule has 0 aliphatic rings. The average molecular weight is 254 g/mol. The van der Waals surface area contributed by atoms with Gasteiger partial charge in [0.1, 0.15) is 0 Å². The monoisotopic (exact) mass is 254 g/mol. The van der Waals surface area contributed by atoms with E-state index in [1.807, 2.05) is 43.3 Å². The summed E-state index contributed by atoms with van der Waals surface area (Å²) in [7, 11) is 0. The lowest BCUT2D eigenvalue weighted by atomic mass is 10.0. The second kappa shape index (κ2) is 5.57. The van der Waals surface area contributed by atoms with Crippen LogP contribution in [0.3, 0.4) is 0 Å². The average Bonchev–Trinajstić information content (AvgIpc) is 2.38. The molecule has 0 bridgehead atoms. The normalized spacial score (nSPS) is 12.1. The fourth-order valence-electron chi connectivity index (χ4n) is 2.07. The smallest absolute Gasteiger partial charge is 0.253 e. The van der Waals surface area contributed by atoms with Crippen LogP contribution in [0.4, 0.5) is 5.69 Å². The van der Waals surface area contributed by atoms with E-state index in [9.17, 15) is 4.79 Å². The fraction of sp³-hybridized carbons (Fsp3) is 0.188. The first-order valence-corrected chi connectivity index (χ1v) is 6.32. The van der Waals surface area contributed by atoms with Crippen LogP contribution in [0.15, 0.2) is 49.1 Å². The molecular weight excluding hydrogens is 236 g/mol. The minimum absolute atomic E-state index is 0.0517. The molecule has 0 fully saturated rings. The SMILES string of the molecule is C=CCC(C)NC(=O)c1cc2ccccc2cc1N. The maximum absolute atomic E-state index is 12.2. The van der Waals surface area contributed by atoms with E-state index in [4.69, 9.17) is 5.73 Å². The molecule has 0 aromatic heterocycles. The third kappa shape index (κ3) is 2.94. The lowest BCUT2D eigenvalue weighted by molar-refractivity contribution is 0.0941. The molecule has 98 valence electrons. The Bertz CT molecular complexity index is 619. The zero-order chi connectivity index (χ0) is 13.8. The third-order valence-corrected chi connectivity index (χ3v) is 3.06. The van der Waals surface area contributed by atoms with Crippen LogP contribution in [0.5, 0.6) is 0 Å². The van der Waals surface area contributed by atoms with Gasteiger partial charge in [0, 0.05) is 11.7 Å². The van der Waals surface area contributed by atoms with Crippen molar-refractivity contribution in [2.24, 2.45) is 0 Å². The molecule has 1 amide bonds. The van der Waals surface area contributed by atoms with Gasteiger partial charge in [-0.15, -0.1) is 6.58 Å². The van der Waals surface area contributed by atoms with E-state index >= 15 is 0 Å². The highest BCUT2D eigenvalue weighted by atomic mass is 16.1. The first kappa shape index (κ1) is 13.1. The quantitative estimate of drug-likeness (QED) is 0.650. The van der Waals surface area contributed by atoms with Crippen molar-refractivity contribution < 1.29 is 4.79 Å². The molecular formula is C16H18N2O. The Labute approximate surface area is 113 Å². The van der Waals surface area contributed by atoms with Gasteiger partial charge in [0.05, 0.1) is 5.56 Å². The molecule has 19 heavy (non-hydrogen) atoms. The predicted octanol–water partition coefficient (Wildman–Crippen LogP) is 3.12. The number of carbonyl (C=O) groups is 1. The highest BCUT2D eigenvalue weighted by molar-refractivity contribution is 6.04. The summed E-state index contributed by atoms with van der Waals surface area (Å²) in [6.07, 6.45) is 2.52. The number of carbonyl (C=O) groups excluding carboxylic acids is 1. The Balaban J connectivity index is 2.31. The van der Waals surface area contributed by atoms with Crippen molar-refractivity contribution in [3.63, 3.8) is 0 Å². The van der Waals surface area contributed by atoms with Crippen LogP contribution in [-0.2, 0) is 0 Å². The molecule has 3 heteroatoms. The first-order chi connectivity index (χ1) is 9.11. The number of nitrogens with two attached hydrogens (primary N) is 1. The highest BCUT2D eigenvalue weighted by Crippen LogP contribution is 2.21. The van der Waals surface area contributed by atoms with Crippen LogP contribution in [0.1, 0.15) is 23.7 Å². The Morgan fingerprint density at radius 1 is 1.37 bits per heavy atom. The van der Waals surface area contributed by atoms with Gasteiger partial charge in [-0.05, 0) is 36.2 Å². The minimum atomic E-state index is -0.141. The molecule has 3 N–H and O–H groups in total. The maximum atomic E-state index is 12.2.